The number of aliphatic imine (C=N–C) groups is 1. The number of nitrogens with two attached hydrogens (primary N) is 1. The molecule has 2 fully saturated rings. The van der Waals surface area contributed by atoms with Gasteiger partial charge in [0.15, 0.2) is 5.96 Å². The molecule has 0 bridgehead atoms. The van der Waals surface area contributed by atoms with E-state index in [4.69, 9.17) is 10.7 Å². The van der Waals surface area contributed by atoms with E-state index < -0.39 is 0 Å². The summed E-state index contributed by atoms with van der Waals surface area (Å²) in [4.78, 5) is 4.96. The predicted octanol–water partition coefficient (Wildman–Crippen LogP) is 3.93. The maximum absolute atomic E-state index is 6.14. The smallest absolute Gasteiger partial charge is 0.189 e. The molecule has 0 radical (unpaired) electrons. The van der Waals surface area contributed by atoms with Gasteiger partial charge in [-0.3, -0.25) is 0 Å². The van der Waals surface area contributed by atoms with E-state index in [2.05, 4.69) is 26.1 Å². The van der Waals surface area contributed by atoms with Gasteiger partial charge in [-0.05, 0) is 42.9 Å². The van der Waals surface area contributed by atoms with Crippen LogP contribution in [0.3, 0.4) is 0 Å². The summed E-state index contributed by atoms with van der Waals surface area (Å²) in [5.74, 6) is 4.77. The molecule has 1 heterocycles. The fraction of sp³-hybridized carbons (Fsp3) is 0.947. The maximum atomic E-state index is 6.14. The van der Waals surface area contributed by atoms with Gasteiger partial charge in [-0.15, -0.1) is 0 Å². The van der Waals surface area contributed by atoms with Crippen molar-refractivity contribution in [2.45, 2.75) is 84.2 Å². The summed E-state index contributed by atoms with van der Waals surface area (Å²) in [6, 6.07) is 1.10. The molecule has 3 heteroatoms. The summed E-state index contributed by atoms with van der Waals surface area (Å²) >= 11 is 0. The van der Waals surface area contributed by atoms with Crippen molar-refractivity contribution in [3.8, 4) is 0 Å². The fourth-order valence-corrected chi connectivity index (χ4v) is 5.86. The monoisotopic (exact) mass is 305 g/mol. The van der Waals surface area contributed by atoms with E-state index in [0.29, 0.717) is 12.1 Å². The zero-order valence-corrected chi connectivity index (χ0v) is 14.7. The zero-order valence-electron chi connectivity index (χ0n) is 14.7. The van der Waals surface area contributed by atoms with Gasteiger partial charge < -0.3 is 11.1 Å². The maximum Gasteiger partial charge on any atom is 0.189 e. The quantitative estimate of drug-likeness (QED) is 0.731. The van der Waals surface area contributed by atoms with Crippen LogP contribution in [0.25, 0.3) is 0 Å². The van der Waals surface area contributed by atoms with Crippen LogP contribution in [0, 0.1) is 29.6 Å². The molecule has 0 aromatic rings. The highest BCUT2D eigenvalue weighted by molar-refractivity contribution is 5.79. The molecule has 0 spiro atoms. The topological polar surface area (TPSA) is 50.4 Å². The second-order valence-corrected chi connectivity index (χ2v) is 8.12. The van der Waals surface area contributed by atoms with E-state index >= 15 is 0 Å². The number of guanidine groups is 1. The van der Waals surface area contributed by atoms with Crippen molar-refractivity contribution >= 4 is 5.96 Å². The first-order valence-corrected chi connectivity index (χ1v) is 9.75. The van der Waals surface area contributed by atoms with Gasteiger partial charge in [0.25, 0.3) is 0 Å². The minimum absolute atomic E-state index is 0.495. The van der Waals surface area contributed by atoms with Crippen molar-refractivity contribution in [3.63, 3.8) is 0 Å². The van der Waals surface area contributed by atoms with E-state index in [1.54, 1.807) is 0 Å². The Kier molecular flexibility index (Phi) is 4.99. The van der Waals surface area contributed by atoms with Gasteiger partial charge in [-0.25, -0.2) is 4.99 Å². The Morgan fingerprint density at radius 2 is 2.09 bits per heavy atom. The van der Waals surface area contributed by atoms with Crippen LogP contribution in [-0.2, 0) is 0 Å². The Labute approximate surface area is 136 Å². The molecule has 1 aliphatic heterocycles. The van der Waals surface area contributed by atoms with Crippen molar-refractivity contribution < 1.29 is 0 Å². The van der Waals surface area contributed by atoms with Crippen molar-refractivity contribution in [2.75, 3.05) is 0 Å². The number of unbranched alkanes of at least 4 members (excludes halogenated alkanes) is 2. The lowest BCUT2D eigenvalue weighted by atomic mass is 9.60. The molecule has 0 aromatic carbocycles. The molecule has 3 N–H and O–H groups in total. The molecule has 0 amide bonds. The van der Waals surface area contributed by atoms with Crippen LogP contribution in [0.15, 0.2) is 4.99 Å². The van der Waals surface area contributed by atoms with E-state index in [-0.39, 0.29) is 0 Å². The lowest BCUT2D eigenvalue weighted by Crippen LogP contribution is -2.57. The standard InChI is InChI=1S/C19H35N3/c1-4-6-7-8-12(3)16-13(5-2)11-14-9-10-15-17(14)18(16)22-19(20)21-15/h12-18H,4-11H2,1-3H3,(H3,20,21,22)/t12?,13-,14+,15+,16-,17-,18-/m1/s1. The van der Waals surface area contributed by atoms with Crippen LogP contribution in [0.2, 0.25) is 0 Å². The van der Waals surface area contributed by atoms with Crippen LogP contribution < -0.4 is 11.1 Å². The Morgan fingerprint density at radius 1 is 1.27 bits per heavy atom. The van der Waals surface area contributed by atoms with Crippen LogP contribution >= 0.6 is 0 Å². The largest absolute Gasteiger partial charge is 0.370 e. The molecule has 0 aromatic heterocycles. The molecular weight excluding hydrogens is 270 g/mol. The Balaban J connectivity index is 1.80. The highest BCUT2D eigenvalue weighted by atomic mass is 15.2. The first kappa shape index (κ1) is 16.1. The van der Waals surface area contributed by atoms with Gasteiger partial charge in [-0.1, -0.05) is 52.9 Å². The molecule has 3 nitrogen and oxygen atoms in total. The van der Waals surface area contributed by atoms with Crippen molar-refractivity contribution in [1.29, 1.82) is 0 Å². The predicted molar refractivity (Wildman–Crippen MR) is 93.7 cm³/mol. The lowest BCUT2D eigenvalue weighted by molar-refractivity contribution is 0.0484. The normalized spacial score (nSPS) is 41.5. The third-order valence-corrected chi connectivity index (χ3v) is 6.86. The molecule has 1 unspecified atom stereocenters. The van der Waals surface area contributed by atoms with Crippen molar-refractivity contribution in [2.24, 2.45) is 40.3 Å². The first-order chi connectivity index (χ1) is 10.7. The van der Waals surface area contributed by atoms with Crippen LogP contribution in [0.4, 0.5) is 0 Å². The lowest BCUT2D eigenvalue weighted by Gasteiger charge is -2.49. The molecular formula is C19H35N3. The Hall–Kier alpha value is -0.730. The number of nitrogens with one attached hydrogen (secondary N) is 1. The summed E-state index contributed by atoms with van der Waals surface area (Å²) in [6.45, 7) is 7.17. The SMILES string of the molecule is CCCCCC(C)[C@@H]1[C@H](CC)C[C@@H]2CC[C@@H]3NC(N)=N[C@H]1[C@H]23. The molecule has 22 heavy (non-hydrogen) atoms. The molecule has 7 atom stereocenters. The minimum atomic E-state index is 0.495. The number of hydrogen-bond donors (Lipinski definition) is 2. The molecule has 2 aliphatic carbocycles. The first-order valence-electron chi connectivity index (χ1n) is 9.75. The molecule has 2 saturated carbocycles. The van der Waals surface area contributed by atoms with Crippen LogP contribution in [-0.4, -0.2) is 18.0 Å². The zero-order chi connectivity index (χ0) is 15.7. The number of hydrogen-bond acceptors (Lipinski definition) is 3. The molecule has 126 valence electrons. The van der Waals surface area contributed by atoms with Gasteiger partial charge >= 0.3 is 0 Å². The summed E-state index contributed by atoms with van der Waals surface area (Å²) in [5.41, 5.74) is 6.14. The van der Waals surface area contributed by atoms with Gasteiger partial charge in [-0.2, -0.15) is 0 Å². The Bertz CT molecular complexity index is 405. The summed E-state index contributed by atoms with van der Waals surface area (Å²) in [6.07, 6.45) is 10.9. The third kappa shape index (κ3) is 2.88. The molecule has 3 rings (SSSR count). The fourth-order valence-electron chi connectivity index (χ4n) is 5.86. The molecule has 0 saturated heterocycles. The average Bonchev–Trinajstić information content (AvgIpc) is 2.90. The van der Waals surface area contributed by atoms with Crippen molar-refractivity contribution in [3.05, 3.63) is 0 Å². The van der Waals surface area contributed by atoms with Crippen LogP contribution in [0.1, 0.15) is 72.1 Å². The van der Waals surface area contributed by atoms with E-state index in [9.17, 15) is 0 Å². The second kappa shape index (κ2) is 6.80. The highest BCUT2D eigenvalue weighted by Crippen LogP contribution is 2.52. The number of nitrogens with zero attached hydrogens (tertiary/aromatic N) is 1. The molecule has 3 aliphatic rings. The summed E-state index contributed by atoms with van der Waals surface area (Å²) < 4.78 is 0. The van der Waals surface area contributed by atoms with Gasteiger partial charge in [0.2, 0.25) is 0 Å². The van der Waals surface area contributed by atoms with E-state index in [0.717, 1.165) is 35.5 Å². The average molecular weight is 306 g/mol. The van der Waals surface area contributed by atoms with E-state index in [1.165, 1.54) is 51.4 Å². The van der Waals surface area contributed by atoms with E-state index in [1.807, 2.05) is 0 Å². The van der Waals surface area contributed by atoms with Gasteiger partial charge in [0, 0.05) is 12.0 Å². The third-order valence-electron chi connectivity index (χ3n) is 6.86. The highest BCUT2D eigenvalue weighted by Gasteiger charge is 2.52. The minimum Gasteiger partial charge on any atom is -0.370 e. The Morgan fingerprint density at radius 3 is 2.82 bits per heavy atom. The van der Waals surface area contributed by atoms with Crippen LogP contribution in [0.5, 0.6) is 0 Å². The number of rotatable bonds is 6. The van der Waals surface area contributed by atoms with Gasteiger partial charge in [0.1, 0.15) is 0 Å². The second-order valence-electron chi connectivity index (χ2n) is 8.12. The summed E-state index contributed by atoms with van der Waals surface area (Å²) in [5, 5.41) is 3.48. The summed E-state index contributed by atoms with van der Waals surface area (Å²) in [7, 11) is 0. The van der Waals surface area contributed by atoms with Crippen molar-refractivity contribution in [1.82, 2.24) is 5.32 Å². The van der Waals surface area contributed by atoms with Gasteiger partial charge in [0.05, 0.1) is 6.04 Å².